The highest BCUT2D eigenvalue weighted by Crippen LogP contribution is 2.31. The van der Waals surface area contributed by atoms with Crippen molar-refractivity contribution in [3.05, 3.63) is 64.7 Å². The van der Waals surface area contributed by atoms with Gasteiger partial charge in [-0.2, -0.15) is 13.2 Å². The fourth-order valence-electron chi connectivity index (χ4n) is 3.56. The Hall–Kier alpha value is -4.39. The number of imidazole rings is 1. The molecule has 1 aromatic carbocycles. The number of halogens is 3. The first-order valence-electron chi connectivity index (χ1n) is 11.0. The zero-order valence-corrected chi connectivity index (χ0v) is 20.1. The molecule has 10 nitrogen and oxygen atoms in total. The zero-order valence-electron chi connectivity index (χ0n) is 20.1. The van der Waals surface area contributed by atoms with Crippen molar-refractivity contribution in [2.75, 3.05) is 24.4 Å². The number of carbonyl (C=O) groups excluding carboxylic acids is 1. The molecule has 0 fully saturated rings. The van der Waals surface area contributed by atoms with Crippen LogP contribution in [0.1, 0.15) is 12.5 Å². The third kappa shape index (κ3) is 5.89. The number of benzene rings is 1. The second kappa shape index (κ2) is 10.3. The molecule has 0 atom stereocenters. The van der Waals surface area contributed by atoms with Gasteiger partial charge in [0.05, 0.1) is 23.2 Å². The summed E-state index contributed by atoms with van der Waals surface area (Å²) in [5, 5.41) is 5.31. The Bertz CT molecular complexity index is 1510. The summed E-state index contributed by atoms with van der Waals surface area (Å²) in [6, 6.07) is 8.97. The summed E-state index contributed by atoms with van der Waals surface area (Å²) in [5.41, 5.74) is -0.770. The van der Waals surface area contributed by atoms with Gasteiger partial charge in [0.2, 0.25) is 11.9 Å². The van der Waals surface area contributed by atoms with Crippen molar-refractivity contribution in [1.29, 1.82) is 0 Å². The molecule has 0 aliphatic rings. The molecule has 1 amide bonds. The molecule has 0 saturated heterocycles. The Morgan fingerprint density at radius 2 is 1.89 bits per heavy atom. The monoisotopic (exact) mass is 516 g/mol. The fourth-order valence-corrected chi connectivity index (χ4v) is 3.56. The van der Waals surface area contributed by atoms with E-state index in [1.165, 1.54) is 20.2 Å². The maximum Gasteiger partial charge on any atom is 0.417 e. The molecule has 0 unspecified atom stereocenters. The minimum absolute atomic E-state index is 0.0458. The SMILES string of the molecule is COCCn1cc(C(F)(F)F)cc(Nc2nc3ccc(Oc4ccnc(NC(C)=O)c4)cc3n2C)c1=O. The van der Waals surface area contributed by atoms with Crippen LogP contribution >= 0.6 is 0 Å². The number of methoxy groups -OCH3 is 1. The quantitative estimate of drug-likeness (QED) is 0.359. The van der Waals surface area contributed by atoms with Gasteiger partial charge in [0.25, 0.3) is 5.56 Å². The van der Waals surface area contributed by atoms with E-state index in [0.717, 1.165) is 16.8 Å². The molecule has 0 bridgehead atoms. The summed E-state index contributed by atoms with van der Waals surface area (Å²) < 4.78 is 53.7. The van der Waals surface area contributed by atoms with Crippen molar-refractivity contribution in [2.45, 2.75) is 19.6 Å². The normalized spacial score (nSPS) is 11.5. The van der Waals surface area contributed by atoms with Crippen LogP contribution in [0.4, 0.5) is 30.6 Å². The van der Waals surface area contributed by atoms with Crippen molar-refractivity contribution in [2.24, 2.45) is 7.05 Å². The van der Waals surface area contributed by atoms with Gasteiger partial charge in [-0.1, -0.05) is 0 Å². The number of hydrogen-bond acceptors (Lipinski definition) is 7. The van der Waals surface area contributed by atoms with E-state index < -0.39 is 17.3 Å². The van der Waals surface area contributed by atoms with Crippen LogP contribution in [0.2, 0.25) is 0 Å². The predicted molar refractivity (Wildman–Crippen MR) is 130 cm³/mol. The lowest BCUT2D eigenvalue weighted by molar-refractivity contribution is -0.138. The number of amides is 1. The maximum absolute atomic E-state index is 13.5. The average Bonchev–Trinajstić information content (AvgIpc) is 3.13. The minimum atomic E-state index is -4.65. The van der Waals surface area contributed by atoms with Crippen LogP contribution in [-0.4, -0.2) is 38.7 Å². The van der Waals surface area contributed by atoms with Crippen molar-refractivity contribution in [1.82, 2.24) is 19.1 Å². The summed E-state index contributed by atoms with van der Waals surface area (Å²) in [5.74, 6) is 1.10. The van der Waals surface area contributed by atoms with Gasteiger partial charge in [0.15, 0.2) is 0 Å². The van der Waals surface area contributed by atoms with E-state index in [1.54, 1.807) is 41.9 Å². The average molecular weight is 516 g/mol. The number of fused-ring (bicyclic) bond motifs is 1. The van der Waals surface area contributed by atoms with Crippen LogP contribution in [0.3, 0.4) is 0 Å². The standard InChI is InChI=1S/C24H23F3N6O4/c1-14(34)29-21-12-17(6-7-28-21)37-16-4-5-18-20(11-16)32(2)23(30-18)31-19-10-15(24(25,26)27)13-33(22(19)35)8-9-36-3/h4-7,10-13H,8-9H2,1-3H3,(H,30,31)(H,28,29,34). The van der Waals surface area contributed by atoms with E-state index in [2.05, 4.69) is 20.6 Å². The van der Waals surface area contributed by atoms with Gasteiger partial charge in [0, 0.05) is 52.2 Å². The smallest absolute Gasteiger partial charge is 0.417 e. The Morgan fingerprint density at radius 3 is 2.59 bits per heavy atom. The number of aromatic nitrogens is 4. The number of nitrogens with one attached hydrogen (secondary N) is 2. The number of ether oxygens (including phenoxy) is 2. The van der Waals surface area contributed by atoms with Crippen LogP contribution < -0.4 is 20.9 Å². The number of anilines is 3. The number of alkyl halides is 3. The molecular weight excluding hydrogens is 493 g/mol. The van der Waals surface area contributed by atoms with E-state index in [4.69, 9.17) is 9.47 Å². The first-order chi connectivity index (χ1) is 17.5. The second-order valence-electron chi connectivity index (χ2n) is 8.06. The van der Waals surface area contributed by atoms with E-state index in [-0.39, 0.29) is 30.7 Å². The van der Waals surface area contributed by atoms with E-state index >= 15 is 0 Å². The van der Waals surface area contributed by atoms with Crippen LogP contribution in [0.25, 0.3) is 11.0 Å². The Balaban J connectivity index is 1.65. The summed E-state index contributed by atoms with van der Waals surface area (Å²) in [6.07, 6.45) is -2.40. The molecule has 2 N–H and O–H groups in total. The molecule has 4 aromatic rings. The molecule has 0 aliphatic carbocycles. The maximum atomic E-state index is 13.5. The number of rotatable bonds is 8. The first kappa shape index (κ1) is 25.7. The zero-order chi connectivity index (χ0) is 26.7. The second-order valence-corrected chi connectivity index (χ2v) is 8.06. The van der Waals surface area contributed by atoms with Gasteiger partial charge < -0.3 is 29.2 Å². The number of hydrogen-bond donors (Lipinski definition) is 2. The first-order valence-corrected chi connectivity index (χ1v) is 11.0. The highest BCUT2D eigenvalue weighted by Gasteiger charge is 2.32. The highest BCUT2D eigenvalue weighted by atomic mass is 19.4. The Morgan fingerprint density at radius 1 is 1.14 bits per heavy atom. The van der Waals surface area contributed by atoms with Crippen molar-refractivity contribution < 1.29 is 27.4 Å². The molecule has 194 valence electrons. The predicted octanol–water partition coefficient (Wildman–Crippen LogP) is 4.29. The van der Waals surface area contributed by atoms with Crippen LogP contribution in [0.15, 0.2) is 53.6 Å². The van der Waals surface area contributed by atoms with Crippen LogP contribution in [0.5, 0.6) is 11.5 Å². The van der Waals surface area contributed by atoms with Crippen LogP contribution in [0, 0.1) is 0 Å². The molecule has 0 spiro atoms. The van der Waals surface area contributed by atoms with Gasteiger partial charge in [-0.15, -0.1) is 0 Å². The fraction of sp³-hybridized carbons (Fsp3) is 0.250. The third-order valence-corrected chi connectivity index (χ3v) is 5.32. The van der Waals surface area contributed by atoms with Gasteiger partial charge in [0.1, 0.15) is 23.0 Å². The number of pyridine rings is 2. The third-order valence-electron chi connectivity index (χ3n) is 5.32. The van der Waals surface area contributed by atoms with Gasteiger partial charge in [-0.25, -0.2) is 9.97 Å². The summed E-state index contributed by atoms with van der Waals surface area (Å²) in [4.78, 5) is 32.5. The van der Waals surface area contributed by atoms with Gasteiger partial charge >= 0.3 is 6.18 Å². The van der Waals surface area contributed by atoms with Crippen molar-refractivity contribution in [3.8, 4) is 11.5 Å². The largest absolute Gasteiger partial charge is 0.457 e. The summed E-state index contributed by atoms with van der Waals surface area (Å²) in [7, 11) is 3.05. The summed E-state index contributed by atoms with van der Waals surface area (Å²) >= 11 is 0. The summed E-state index contributed by atoms with van der Waals surface area (Å²) in [6.45, 7) is 1.39. The topological polar surface area (TPSA) is 112 Å². The Kier molecular flexibility index (Phi) is 7.16. The number of nitrogens with zero attached hydrogens (tertiary/aromatic N) is 4. The van der Waals surface area contributed by atoms with Crippen LogP contribution in [-0.2, 0) is 29.3 Å². The molecule has 0 saturated carbocycles. The minimum Gasteiger partial charge on any atom is -0.457 e. The lowest BCUT2D eigenvalue weighted by atomic mass is 10.2. The molecule has 3 aromatic heterocycles. The Labute approximate surface area is 208 Å². The van der Waals surface area contributed by atoms with Crippen molar-refractivity contribution in [3.63, 3.8) is 0 Å². The molecule has 0 radical (unpaired) electrons. The molecule has 3 heterocycles. The van der Waals surface area contributed by atoms with Gasteiger partial charge in [-0.05, 0) is 24.3 Å². The number of aryl methyl sites for hydroxylation is 1. The molecule has 37 heavy (non-hydrogen) atoms. The van der Waals surface area contributed by atoms with Gasteiger partial charge in [-0.3, -0.25) is 9.59 Å². The van der Waals surface area contributed by atoms with E-state index in [0.29, 0.717) is 28.4 Å². The molecular formula is C24H23F3N6O4. The highest BCUT2D eigenvalue weighted by molar-refractivity contribution is 5.87. The lowest BCUT2D eigenvalue weighted by Crippen LogP contribution is -2.26. The molecule has 13 heteroatoms. The molecule has 4 rings (SSSR count). The van der Waals surface area contributed by atoms with E-state index in [9.17, 15) is 22.8 Å². The lowest BCUT2D eigenvalue weighted by Gasteiger charge is -2.14. The number of carbonyl (C=O) groups is 1. The van der Waals surface area contributed by atoms with Crippen molar-refractivity contribution >= 4 is 34.4 Å². The molecule has 0 aliphatic heterocycles. The van der Waals surface area contributed by atoms with E-state index in [1.807, 2.05) is 0 Å².